The Bertz CT molecular complexity index is 506. The number of ether oxygens (including phenoxy) is 1. The summed E-state index contributed by atoms with van der Waals surface area (Å²) in [4.78, 5) is 0. The molecule has 2 rings (SSSR count). The number of hydrogen-bond acceptors (Lipinski definition) is 3. The normalized spacial score (nSPS) is 14.1. The Labute approximate surface area is 113 Å². The van der Waals surface area contributed by atoms with Crippen molar-refractivity contribution in [2.45, 2.75) is 32.4 Å². The third-order valence-electron chi connectivity index (χ3n) is 2.98. The van der Waals surface area contributed by atoms with Gasteiger partial charge in [-0.1, -0.05) is 37.3 Å². The van der Waals surface area contributed by atoms with Crippen molar-refractivity contribution in [2.75, 3.05) is 6.61 Å². The van der Waals surface area contributed by atoms with Crippen molar-refractivity contribution in [3.63, 3.8) is 0 Å². The Morgan fingerprint density at radius 1 is 1.32 bits per heavy atom. The maximum Gasteiger partial charge on any atom is 0.157 e. The molecule has 0 amide bonds. The van der Waals surface area contributed by atoms with Gasteiger partial charge in [0.25, 0.3) is 0 Å². The van der Waals surface area contributed by atoms with Gasteiger partial charge in [-0.05, 0) is 18.9 Å². The molecule has 0 aliphatic rings. The van der Waals surface area contributed by atoms with Crippen molar-refractivity contribution in [1.82, 2.24) is 9.78 Å². The van der Waals surface area contributed by atoms with Crippen LogP contribution in [0.3, 0.4) is 0 Å². The average Bonchev–Trinajstić information content (AvgIpc) is 2.86. The summed E-state index contributed by atoms with van der Waals surface area (Å²) in [6, 6.07) is 9.52. The van der Waals surface area contributed by atoms with Gasteiger partial charge in [-0.3, -0.25) is 4.68 Å². The van der Waals surface area contributed by atoms with E-state index in [4.69, 9.17) is 4.74 Å². The number of rotatable bonds is 6. The van der Waals surface area contributed by atoms with Crippen LogP contribution in [0.4, 0.5) is 0 Å². The number of aryl methyl sites for hydroxylation is 1. The Kier molecular flexibility index (Phi) is 4.22. The number of benzene rings is 1. The summed E-state index contributed by atoms with van der Waals surface area (Å²) in [6.07, 6.45) is 4.56. The van der Waals surface area contributed by atoms with E-state index in [0.717, 1.165) is 18.5 Å². The third-order valence-corrected chi connectivity index (χ3v) is 2.98. The Balaban J connectivity index is 1.97. The number of hydrogen-bond donors (Lipinski definition) is 1. The summed E-state index contributed by atoms with van der Waals surface area (Å²) in [5.41, 5.74) is -0.162. The van der Waals surface area contributed by atoms with Gasteiger partial charge in [-0.15, -0.1) is 0 Å². The van der Waals surface area contributed by atoms with Gasteiger partial charge in [0.05, 0.1) is 12.4 Å². The second-order valence-corrected chi connectivity index (χ2v) is 4.87. The molecule has 2 aromatic rings. The first-order valence-corrected chi connectivity index (χ1v) is 6.55. The number of aliphatic hydroxyl groups is 1. The highest BCUT2D eigenvalue weighted by atomic mass is 16.5. The van der Waals surface area contributed by atoms with Gasteiger partial charge >= 0.3 is 0 Å². The van der Waals surface area contributed by atoms with Crippen LogP contribution in [-0.2, 0) is 12.1 Å². The zero-order valence-corrected chi connectivity index (χ0v) is 11.4. The molecule has 0 saturated carbocycles. The van der Waals surface area contributed by atoms with Crippen LogP contribution in [0.25, 0.3) is 0 Å². The molecule has 1 N–H and O–H groups in total. The number of aromatic nitrogens is 2. The lowest BCUT2D eigenvalue weighted by Crippen LogP contribution is -2.29. The van der Waals surface area contributed by atoms with Crippen LogP contribution in [0.1, 0.15) is 25.8 Å². The highest BCUT2D eigenvalue weighted by molar-refractivity contribution is 5.22. The van der Waals surface area contributed by atoms with E-state index >= 15 is 0 Å². The van der Waals surface area contributed by atoms with Gasteiger partial charge in [-0.2, -0.15) is 5.10 Å². The van der Waals surface area contributed by atoms with E-state index in [-0.39, 0.29) is 6.61 Å². The summed E-state index contributed by atoms with van der Waals surface area (Å²) >= 11 is 0. The Morgan fingerprint density at radius 2 is 2.05 bits per heavy atom. The quantitative estimate of drug-likeness (QED) is 0.868. The first kappa shape index (κ1) is 13.6. The molecule has 1 unspecified atom stereocenters. The van der Waals surface area contributed by atoms with Gasteiger partial charge < -0.3 is 9.84 Å². The number of nitrogens with zero attached hydrogens (tertiary/aromatic N) is 2. The molecule has 4 nitrogen and oxygen atoms in total. The first-order valence-electron chi connectivity index (χ1n) is 6.55. The summed E-state index contributed by atoms with van der Waals surface area (Å²) < 4.78 is 7.46. The van der Waals surface area contributed by atoms with Crippen molar-refractivity contribution in [1.29, 1.82) is 0 Å². The molecule has 0 spiro atoms. The maximum absolute atomic E-state index is 10.4. The summed E-state index contributed by atoms with van der Waals surface area (Å²) in [5.74, 6) is 0.685. The maximum atomic E-state index is 10.4. The molecular formula is C15H20N2O2. The Morgan fingerprint density at radius 3 is 2.74 bits per heavy atom. The molecule has 19 heavy (non-hydrogen) atoms. The second kappa shape index (κ2) is 5.89. The lowest BCUT2D eigenvalue weighted by Gasteiger charge is -2.23. The zero-order chi connectivity index (χ0) is 13.7. The molecule has 1 aromatic heterocycles. The highest BCUT2D eigenvalue weighted by Crippen LogP contribution is 2.21. The monoisotopic (exact) mass is 260 g/mol. The lowest BCUT2D eigenvalue weighted by molar-refractivity contribution is 0.00757. The highest BCUT2D eigenvalue weighted by Gasteiger charge is 2.24. The topological polar surface area (TPSA) is 47.3 Å². The van der Waals surface area contributed by atoms with Gasteiger partial charge in [0.1, 0.15) is 12.2 Å². The minimum atomic E-state index is -1.01. The molecule has 0 aliphatic carbocycles. The standard InChI is InChI=1S/C15H20N2O2/c1-3-9-17-11-14(10-16-17)19-12-15(2,18)13-7-5-4-6-8-13/h4-8,10-11,18H,3,9,12H2,1-2H3. The fraction of sp³-hybridized carbons (Fsp3) is 0.400. The molecule has 0 fully saturated rings. The van der Waals surface area contributed by atoms with Crippen LogP contribution in [0.15, 0.2) is 42.7 Å². The third kappa shape index (κ3) is 3.58. The van der Waals surface area contributed by atoms with Gasteiger partial charge in [0.15, 0.2) is 5.75 Å². The van der Waals surface area contributed by atoms with Crippen LogP contribution >= 0.6 is 0 Å². The second-order valence-electron chi connectivity index (χ2n) is 4.87. The van der Waals surface area contributed by atoms with Crippen LogP contribution in [0.5, 0.6) is 5.75 Å². The predicted octanol–water partition coefficient (Wildman–Crippen LogP) is 2.58. The van der Waals surface area contributed by atoms with Crippen molar-refractivity contribution in [2.24, 2.45) is 0 Å². The fourth-order valence-corrected chi connectivity index (χ4v) is 1.87. The molecule has 1 heterocycles. The molecule has 0 radical (unpaired) electrons. The zero-order valence-electron chi connectivity index (χ0n) is 11.4. The average molecular weight is 260 g/mol. The summed E-state index contributed by atoms with van der Waals surface area (Å²) in [7, 11) is 0. The minimum absolute atomic E-state index is 0.203. The van der Waals surface area contributed by atoms with Crippen LogP contribution in [0.2, 0.25) is 0 Å². The summed E-state index contributed by atoms with van der Waals surface area (Å²) in [6.45, 7) is 4.93. The smallest absolute Gasteiger partial charge is 0.157 e. The molecule has 1 aromatic carbocycles. The largest absolute Gasteiger partial charge is 0.487 e. The molecule has 0 saturated heterocycles. The van der Waals surface area contributed by atoms with Gasteiger partial charge in [0, 0.05) is 6.54 Å². The van der Waals surface area contributed by atoms with Crippen LogP contribution in [-0.4, -0.2) is 21.5 Å². The molecule has 4 heteroatoms. The van der Waals surface area contributed by atoms with E-state index < -0.39 is 5.60 Å². The van der Waals surface area contributed by atoms with E-state index in [2.05, 4.69) is 12.0 Å². The first-order chi connectivity index (χ1) is 9.12. The van der Waals surface area contributed by atoms with Crippen molar-refractivity contribution >= 4 is 0 Å². The van der Waals surface area contributed by atoms with E-state index in [1.165, 1.54) is 0 Å². The van der Waals surface area contributed by atoms with Crippen molar-refractivity contribution < 1.29 is 9.84 Å². The molecule has 0 aliphatic heterocycles. The SMILES string of the molecule is CCCn1cc(OCC(C)(O)c2ccccc2)cn1. The van der Waals surface area contributed by atoms with Gasteiger partial charge in [-0.25, -0.2) is 0 Å². The fourth-order valence-electron chi connectivity index (χ4n) is 1.87. The van der Waals surface area contributed by atoms with E-state index in [1.807, 2.05) is 41.2 Å². The summed E-state index contributed by atoms with van der Waals surface area (Å²) in [5, 5.41) is 14.6. The van der Waals surface area contributed by atoms with Crippen molar-refractivity contribution in [3.05, 3.63) is 48.3 Å². The Hall–Kier alpha value is -1.81. The minimum Gasteiger partial charge on any atom is -0.487 e. The molecular weight excluding hydrogens is 240 g/mol. The van der Waals surface area contributed by atoms with Crippen LogP contribution < -0.4 is 4.74 Å². The molecule has 0 bridgehead atoms. The lowest BCUT2D eigenvalue weighted by atomic mass is 9.97. The predicted molar refractivity (Wildman–Crippen MR) is 74.0 cm³/mol. The van der Waals surface area contributed by atoms with E-state index in [9.17, 15) is 5.11 Å². The van der Waals surface area contributed by atoms with E-state index in [1.54, 1.807) is 13.1 Å². The van der Waals surface area contributed by atoms with Crippen LogP contribution in [0, 0.1) is 0 Å². The molecule has 102 valence electrons. The van der Waals surface area contributed by atoms with E-state index in [0.29, 0.717) is 5.75 Å². The molecule has 1 atom stereocenters. The van der Waals surface area contributed by atoms with Gasteiger partial charge in [0.2, 0.25) is 0 Å². The van der Waals surface area contributed by atoms with Crippen molar-refractivity contribution in [3.8, 4) is 5.75 Å².